The highest BCUT2D eigenvalue weighted by Gasteiger charge is 2.28. The number of aromatic nitrogens is 1. The van der Waals surface area contributed by atoms with Crippen LogP contribution < -0.4 is 18.9 Å². The van der Waals surface area contributed by atoms with E-state index >= 15 is 0 Å². The van der Waals surface area contributed by atoms with Crippen molar-refractivity contribution in [1.29, 1.82) is 0 Å². The van der Waals surface area contributed by atoms with Gasteiger partial charge in [0.1, 0.15) is 4.83 Å². The monoisotopic (exact) mass is 600 g/mol. The molecule has 0 saturated heterocycles. The van der Waals surface area contributed by atoms with Crippen molar-refractivity contribution in [1.82, 2.24) is 9.88 Å². The Kier molecular flexibility index (Phi) is 9.84. The van der Waals surface area contributed by atoms with E-state index in [1.54, 1.807) is 17.0 Å². The third-order valence-electron chi connectivity index (χ3n) is 6.75. The van der Waals surface area contributed by atoms with Crippen molar-refractivity contribution in [2.75, 3.05) is 27.4 Å². The highest BCUT2D eigenvalue weighted by Crippen LogP contribution is 2.36. The molecule has 0 saturated carbocycles. The van der Waals surface area contributed by atoms with Crippen molar-refractivity contribution in [2.45, 2.75) is 45.7 Å². The molecule has 0 aliphatic carbocycles. The van der Waals surface area contributed by atoms with Gasteiger partial charge in [-0.15, -0.1) is 11.3 Å². The number of rotatable bonds is 15. The standard InChI is InChI=1S/C29H32N2O10S/c1-16(29(36)37)9-25(33)31-14-18-11-21(38-2)22(12-19(18)15-31)40-7-4-8-41-27-23(39-3)10-17-13-24(42-28(17)30-27)20(32)5-6-26(34)35/h10-13,16H,4-9,14-15H2,1-3H3,(H,34,35)(H,36,37)/t16-/m0/s1. The second kappa shape index (κ2) is 13.5. The molecule has 1 amide bonds. The smallest absolute Gasteiger partial charge is 0.306 e. The van der Waals surface area contributed by atoms with Gasteiger partial charge in [-0.1, -0.05) is 6.92 Å². The van der Waals surface area contributed by atoms with Crippen LogP contribution in [0.1, 0.15) is 53.4 Å². The van der Waals surface area contributed by atoms with Gasteiger partial charge in [0.25, 0.3) is 5.88 Å². The first-order chi connectivity index (χ1) is 20.1. The zero-order valence-corrected chi connectivity index (χ0v) is 24.3. The number of pyridine rings is 1. The number of carbonyl (C=O) groups excluding carboxylic acids is 2. The average Bonchev–Trinajstić information content (AvgIpc) is 3.58. The fourth-order valence-electron chi connectivity index (χ4n) is 4.41. The van der Waals surface area contributed by atoms with E-state index in [0.29, 0.717) is 58.5 Å². The van der Waals surface area contributed by atoms with Gasteiger partial charge in [0.15, 0.2) is 23.0 Å². The zero-order chi connectivity index (χ0) is 30.4. The number of hydrogen-bond acceptors (Lipinski definition) is 10. The van der Waals surface area contributed by atoms with Crippen LogP contribution in [0.2, 0.25) is 0 Å². The van der Waals surface area contributed by atoms with Crippen LogP contribution in [0.25, 0.3) is 10.2 Å². The number of hydrogen-bond donors (Lipinski definition) is 2. The van der Waals surface area contributed by atoms with E-state index in [1.165, 1.54) is 32.5 Å². The largest absolute Gasteiger partial charge is 0.493 e. The second-order valence-corrected chi connectivity index (χ2v) is 10.9. The third-order valence-corrected chi connectivity index (χ3v) is 7.84. The van der Waals surface area contributed by atoms with Gasteiger partial charge in [0.2, 0.25) is 5.91 Å². The first kappa shape index (κ1) is 30.6. The van der Waals surface area contributed by atoms with Crippen LogP contribution in [-0.4, -0.2) is 71.2 Å². The summed E-state index contributed by atoms with van der Waals surface area (Å²) in [5.41, 5.74) is 1.84. The summed E-state index contributed by atoms with van der Waals surface area (Å²) in [6.07, 6.45) is 0.128. The topological polar surface area (TPSA) is 162 Å². The zero-order valence-electron chi connectivity index (χ0n) is 23.5. The van der Waals surface area contributed by atoms with Crippen molar-refractivity contribution in [3.05, 3.63) is 40.3 Å². The maximum Gasteiger partial charge on any atom is 0.306 e. The van der Waals surface area contributed by atoms with E-state index in [0.717, 1.165) is 11.1 Å². The summed E-state index contributed by atoms with van der Waals surface area (Å²) in [6.45, 7) is 2.84. The van der Waals surface area contributed by atoms with Crippen molar-refractivity contribution < 1.29 is 48.3 Å². The van der Waals surface area contributed by atoms with E-state index in [2.05, 4.69) is 4.98 Å². The van der Waals surface area contributed by atoms with Crippen LogP contribution in [0.4, 0.5) is 0 Å². The third kappa shape index (κ3) is 7.27. The lowest BCUT2D eigenvalue weighted by Gasteiger charge is -2.16. The normalized spacial score (nSPS) is 13.0. The Balaban J connectivity index is 1.33. The fraction of sp³-hybridized carbons (Fsp3) is 0.414. The molecule has 3 aromatic rings. The minimum atomic E-state index is -1.03. The molecule has 2 N–H and O–H groups in total. The average molecular weight is 601 g/mol. The van der Waals surface area contributed by atoms with Gasteiger partial charge in [0.05, 0.1) is 44.6 Å². The van der Waals surface area contributed by atoms with Gasteiger partial charge in [-0.2, -0.15) is 4.98 Å². The lowest BCUT2D eigenvalue weighted by atomic mass is 10.1. The SMILES string of the molecule is COc1cc2c(cc1OCCCOc1nc3sc(C(=O)CCC(=O)O)cc3cc1OC)CN(C(=O)C[C@H](C)C(=O)O)C2. The summed E-state index contributed by atoms with van der Waals surface area (Å²) >= 11 is 1.17. The Morgan fingerprint density at radius 2 is 1.60 bits per heavy atom. The van der Waals surface area contributed by atoms with Crippen LogP contribution in [0, 0.1) is 5.92 Å². The number of aliphatic carboxylic acids is 2. The Morgan fingerprint density at radius 3 is 2.24 bits per heavy atom. The lowest BCUT2D eigenvalue weighted by Crippen LogP contribution is -2.28. The molecule has 3 heterocycles. The molecule has 1 atom stereocenters. The van der Waals surface area contributed by atoms with Gasteiger partial charge in [-0.25, -0.2) is 0 Å². The molecule has 1 aromatic carbocycles. The quantitative estimate of drug-likeness (QED) is 0.190. The number of carbonyl (C=O) groups is 4. The van der Waals surface area contributed by atoms with E-state index in [-0.39, 0.29) is 43.4 Å². The second-order valence-electron chi connectivity index (χ2n) is 9.83. The van der Waals surface area contributed by atoms with Crippen LogP contribution in [0.3, 0.4) is 0 Å². The highest BCUT2D eigenvalue weighted by atomic mass is 32.1. The van der Waals surface area contributed by atoms with E-state index in [9.17, 15) is 19.2 Å². The predicted octanol–water partition coefficient (Wildman–Crippen LogP) is 4.16. The molecule has 0 fully saturated rings. The maximum absolute atomic E-state index is 12.6. The summed E-state index contributed by atoms with van der Waals surface area (Å²) in [5, 5.41) is 18.6. The number of carboxylic acid groups (broad SMARTS) is 2. The Bertz CT molecular complexity index is 1500. The molecule has 1 aliphatic rings. The van der Waals surface area contributed by atoms with Crippen LogP contribution in [0.5, 0.6) is 23.1 Å². The fourth-order valence-corrected chi connectivity index (χ4v) is 5.38. The summed E-state index contributed by atoms with van der Waals surface area (Å²) in [5.74, 6) is -1.52. The molecular weight excluding hydrogens is 568 g/mol. The maximum atomic E-state index is 12.6. The molecule has 12 nitrogen and oxygen atoms in total. The summed E-state index contributed by atoms with van der Waals surface area (Å²) in [4.78, 5) is 53.9. The van der Waals surface area contributed by atoms with Crippen LogP contribution in [0.15, 0.2) is 24.3 Å². The summed E-state index contributed by atoms with van der Waals surface area (Å²) in [7, 11) is 3.03. The number of benzene rings is 1. The molecule has 0 radical (unpaired) electrons. The first-order valence-corrected chi connectivity index (χ1v) is 14.1. The van der Waals surface area contributed by atoms with Crippen molar-refractivity contribution >= 4 is 45.2 Å². The number of amides is 1. The first-order valence-electron chi connectivity index (χ1n) is 13.3. The van der Waals surface area contributed by atoms with Gasteiger partial charge in [-0.3, -0.25) is 19.2 Å². The number of nitrogens with zero attached hydrogens (tertiary/aromatic N) is 2. The lowest BCUT2D eigenvalue weighted by molar-refractivity contribution is -0.145. The van der Waals surface area contributed by atoms with Gasteiger partial charge >= 0.3 is 11.9 Å². The molecule has 0 spiro atoms. The minimum absolute atomic E-state index is 0.0606. The van der Waals surface area contributed by atoms with Crippen molar-refractivity contribution in [3.8, 4) is 23.1 Å². The number of Topliss-reactive ketones (excluding diaryl/α,β-unsaturated/α-hetero) is 1. The molecule has 224 valence electrons. The molecule has 1 aliphatic heterocycles. The molecule has 0 unspecified atom stereocenters. The Labute approximate surface area is 245 Å². The van der Waals surface area contributed by atoms with Crippen molar-refractivity contribution in [2.24, 2.45) is 5.92 Å². The molecule has 0 bridgehead atoms. The Hall–Kier alpha value is -4.39. The molecule has 2 aromatic heterocycles. The number of ether oxygens (including phenoxy) is 4. The molecule has 42 heavy (non-hydrogen) atoms. The van der Waals surface area contributed by atoms with Crippen LogP contribution >= 0.6 is 11.3 Å². The van der Waals surface area contributed by atoms with E-state index in [4.69, 9.17) is 29.2 Å². The van der Waals surface area contributed by atoms with Gasteiger partial charge in [0, 0.05) is 37.7 Å². The van der Waals surface area contributed by atoms with Gasteiger partial charge < -0.3 is 34.1 Å². The van der Waals surface area contributed by atoms with E-state index < -0.39 is 17.9 Å². The number of ketones is 1. The predicted molar refractivity (Wildman–Crippen MR) is 152 cm³/mol. The number of carboxylic acids is 2. The molecule has 13 heteroatoms. The summed E-state index contributed by atoms with van der Waals surface area (Å²) < 4.78 is 22.7. The Morgan fingerprint density at radius 1 is 0.929 bits per heavy atom. The number of fused-ring (bicyclic) bond motifs is 2. The number of thiophene rings is 1. The van der Waals surface area contributed by atoms with E-state index in [1.807, 2.05) is 12.1 Å². The highest BCUT2D eigenvalue weighted by molar-refractivity contribution is 7.20. The van der Waals surface area contributed by atoms with Gasteiger partial charge in [-0.05, 0) is 35.4 Å². The summed E-state index contributed by atoms with van der Waals surface area (Å²) in [6, 6.07) is 7.08. The number of methoxy groups -OCH3 is 2. The van der Waals surface area contributed by atoms with Crippen LogP contribution in [-0.2, 0) is 27.5 Å². The van der Waals surface area contributed by atoms with Crippen molar-refractivity contribution in [3.63, 3.8) is 0 Å². The molecule has 4 rings (SSSR count). The minimum Gasteiger partial charge on any atom is -0.493 e. The molecular formula is C29H32N2O10S.